The van der Waals surface area contributed by atoms with Gasteiger partial charge >= 0.3 is 18.3 Å². The fourth-order valence-corrected chi connectivity index (χ4v) is 0.897. The molecule has 90 valence electrons. The number of hydrogen-bond acceptors (Lipinski definition) is 2. The molecule has 0 atom stereocenters. The van der Waals surface area contributed by atoms with Crippen molar-refractivity contribution < 1.29 is 22.4 Å². The molecule has 0 saturated heterocycles. The van der Waals surface area contributed by atoms with Crippen LogP contribution in [0.1, 0.15) is 11.3 Å². The SMILES string of the molecule is Cc1[nH]nc(NC(=O)C(F)(F)C(F)F)c1C. The van der Waals surface area contributed by atoms with Crippen molar-refractivity contribution in [3.63, 3.8) is 0 Å². The van der Waals surface area contributed by atoms with Crippen molar-refractivity contribution in [1.29, 1.82) is 0 Å². The van der Waals surface area contributed by atoms with Crippen molar-refractivity contribution in [3.8, 4) is 0 Å². The number of nitrogens with zero attached hydrogens (tertiary/aromatic N) is 1. The molecule has 1 amide bonds. The summed E-state index contributed by atoms with van der Waals surface area (Å²) in [6.07, 6.45) is -4.05. The monoisotopic (exact) mass is 239 g/mol. The van der Waals surface area contributed by atoms with Gasteiger partial charge in [-0.05, 0) is 13.8 Å². The van der Waals surface area contributed by atoms with Crippen LogP contribution in [0.5, 0.6) is 0 Å². The summed E-state index contributed by atoms with van der Waals surface area (Å²) in [7, 11) is 0. The first-order valence-corrected chi connectivity index (χ1v) is 4.25. The van der Waals surface area contributed by atoms with Crippen molar-refractivity contribution in [2.45, 2.75) is 26.2 Å². The van der Waals surface area contributed by atoms with Gasteiger partial charge in [-0.25, -0.2) is 8.78 Å². The van der Waals surface area contributed by atoms with Gasteiger partial charge in [0.1, 0.15) is 0 Å². The van der Waals surface area contributed by atoms with E-state index >= 15 is 0 Å². The van der Waals surface area contributed by atoms with Crippen LogP contribution in [0.3, 0.4) is 0 Å². The Balaban J connectivity index is 2.83. The van der Waals surface area contributed by atoms with E-state index < -0.39 is 18.3 Å². The molecular weight excluding hydrogens is 230 g/mol. The maximum absolute atomic E-state index is 12.6. The van der Waals surface area contributed by atoms with Crippen LogP contribution in [-0.2, 0) is 4.79 Å². The normalized spacial score (nSPS) is 11.9. The zero-order valence-corrected chi connectivity index (χ0v) is 8.44. The lowest BCUT2D eigenvalue weighted by molar-refractivity contribution is -0.163. The number of carbonyl (C=O) groups excluding carboxylic acids is 1. The maximum atomic E-state index is 12.6. The summed E-state index contributed by atoms with van der Waals surface area (Å²) in [5.41, 5.74) is 0.967. The van der Waals surface area contributed by atoms with Crippen molar-refractivity contribution in [3.05, 3.63) is 11.3 Å². The molecule has 4 nitrogen and oxygen atoms in total. The second kappa shape index (κ2) is 4.11. The smallest absolute Gasteiger partial charge is 0.304 e. The highest BCUT2D eigenvalue weighted by atomic mass is 19.3. The first-order chi connectivity index (χ1) is 7.26. The van der Waals surface area contributed by atoms with E-state index in [1.165, 1.54) is 6.92 Å². The summed E-state index contributed by atoms with van der Waals surface area (Å²) in [6.45, 7) is 3.11. The standard InChI is InChI=1S/C8H9F4N3O/c1-3-4(2)14-15-5(3)13-7(16)8(11,12)6(9)10/h6H,1-2H3,(H2,13,14,15,16). The molecule has 1 aromatic heterocycles. The first kappa shape index (κ1) is 12.5. The molecule has 0 radical (unpaired) electrons. The van der Waals surface area contributed by atoms with Crippen molar-refractivity contribution in [2.24, 2.45) is 0 Å². The molecule has 0 bridgehead atoms. The van der Waals surface area contributed by atoms with Crippen LogP contribution in [0, 0.1) is 13.8 Å². The second-order valence-corrected chi connectivity index (χ2v) is 3.20. The van der Waals surface area contributed by atoms with E-state index in [2.05, 4.69) is 10.2 Å². The number of amides is 1. The first-order valence-electron chi connectivity index (χ1n) is 4.25. The van der Waals surface area contributed by atoms with Gasteiger partial charge in [0, 0.05) is 11.3 Å². The van der Waals surface area contributed by atoms with Gasteiger partial charge in [0.2, 0.25) is 0 Å². The number of H-pyrrole nitrogens is 1. The maximum Gasteiger partial charge on any atom is 0.383 e. The molecule has 0 saturated carbocycles. The fourth-order valence-electron chi connectivity index (χ4n) is 0.897. The third-order valence-electron chi connectivity index (χ3n) is 2.06. The lowest BCUT2D eigenvalue weighted by atomic mass is 10.2. The highest BCUT2D eigenvalue weighted by Gasteiger charge is 2.49. The third kappa shape index (κ3) is 2.15. The number of anilines is 1. The number of aromatic amines is 1. The average Bonchev–Trinajstić information content (AvgIpc) is 2.49. The summed E-state index contributed by atoms with van der Waals surface area (Å²) < 4.78 is 48.8. The predicted octanol–water partition coefficient (Wildman–Crippen LogP) is 1.87. The highest BCUT2D eigenvalue weighted by molar-refractivity contribution is 5.96. The van der Waals surface area contributed by atoms with Gasteiger partial charge in [-0.1, -0.05) is 0 Å². The van der Waals surface area contributed by atoms with E-state index in [4.69, 9.17) is 0 Å². The van der Waals surface area contributed by atoms with Crippen LogP contribution in [0.4, 0.5) is 23.4 Å². The van der Waals surface area contributed by atoms with Gasteiger partial charge in [-0.3, -0.25) is 9.89 Å². The van der Waals surface area contributed by atoms with Crippen LogP contribution in [-0.4, -0.2) is 28.5 Å². The zero-order chi connectivity index (χ0) is 12.5. The Hall–Kier alpha value is -1.60. The number of alkyl halides is 4. The molecule has 16 heavy (non-hydrogen) atoms. The topological polar surface area (TPSA) is 57.8 Å². The number of aryl methyl sites for hydroxylation is 1. The molecule has 1 rings (SSSR count). The summed E-state index contributed by atoms with van der Waals surface area (Å²) in [5.74, 6) is -6.97. The molecule has 0 aromatic carbocycles. The molecule has 0 aliphatic rings. The minimum atomic E-state index is -4.72. The lowest BCUT2D eigenvalue weighted by Gasteiger charge is -2.13. The summed E-state index contributed by atoms with van der Waals surface area (Å²) in [4.78, 5) is 10.8. The molecule has 0 aliphatic heterocycles. The van der Waals surface area contributed by atoms with E-state index in [1.807, 2.05) is 0 Å². The summed E-state index contributed by atoms with van der Waals surface area (Å²) in [6, 6.07) is 0. The van der Waals surface area contributed by atoms with Gasteiger partial charge < -0.3 is 5.32 Å². The lowest BCUT2D eigenvalue weighted by Crippen LogP contribution is -2.41. The number of halogens is 4. The molecule has 8 heteroatoms. The third-order valence-corrected chi connectivity index (χ3v) is 2.06. The van der Waals surface area contributed by atoms with Gasteiger partial charge in [0.05, 0.1) is 0 Å². The number of carbonyl (C=O) groups is 1. The Labute approximate surface area is 88.0 Å². The Bertz CT molecular complexity index is 402. The predicted molar refractivity (Wildman–Crippen MR) is 47.6 cm³/mol. The average molecular weight is 239 g/mol. The van der Waals surface area contributed by atoms with Crippen molar-refractivity contribution >= 4 is 11.7 Å². The molecule has 0 spiro atoms. The van der Waals surface area contributed by atoms with Gasteiger partial charge in [-0.15, -0.1) is 0 Å². The Kier molecular flexibility index (Phi) is 3.20. The fraction of sp³-hybridized carbons (Fsp3) is 0.500. The van der Waals surface area contributed by atoms with Gasteiger partial charge in [0.25, 0.3) is 0 Å². The molecule has 1 aromatic rings. The van der Waals surface area contributed by atoms with Crippen LogP contribution < -0.4 is 5.32 Å². The minimum absolute atomic E-state index is 0.178. The number of aromatic nitrogens is 2. The van der Waals surface area contributed by atoms with E-state index in [1.54, 1.807) is 12.2 Å². The zero-order valence-electron chi connectivity index (χ0n) is 8.44. The van der Waals surface area contributed by atoms with Crippen LogP contribution >= 0.6 is 0 Å². The Morgan fingerprint density at radius 2 is 2.00 bits per heavy atom. The van der Waals surface area contributed by atoms with E-state index in [0.29, 0.717) is 11.3 Å². The van der Waals surface area contributed by atoms with Crippen LogP contribution in [0.25, 0.3) is 0 Å². The Morgan fingerprint density at radius 1 is 1.44 bits per heavy atom. The summed E-state index contributed by atoms with van der Waals surface area (Å²) in [5, 5.41) is 7.56. The minimum Gasteiger partial charge on any atom is -0.304 e. The van der Waals surface area contributed by atoms with E-state index in [9.17, 15) is 22.4 Å². The van der Waals surface area contributed by atoms with Crippen molar-refractivity contribution in [1.82, 2.24) is 10.2 Å². The number of hydrogen-bond donors (Lipinski definition) is 2. The second-order valence-electron chi connectivity index (χ2n) is 3.20. The Morgan fingerprint density at radius 3 is 2.38 bits per heavy atom. The van der Waals surface area contributed by atoms with Gasteiger partial charge in [0.15, 0.2) is 5.82 Å². The van der Waals surface area contributed by atoms with E-state index in [0.717, 1.165) is 0 Å². The van der Waals surface area contributed by atoms with Crippen LogP contribution in [0.15, 0.2) is 0 Å². The van der Waals surface area contributed by atoms with Crippen molar-refractivity contribution in [2.75, 3.05) is 5.32 Å². The van der Waals surface area contributed by atoms with Crippen LogP contribution in [0.2, 0.25) is 0 Å². The summed E-state index contributed by atoms with van der Waals surface area (Å²) >= 11 is 0. The highest BCUT2D eigenvalue weighted by Crippen LogP contribution is 2.25. The van der Waals surface area contributed by atoms with E-state index in [-0.39, 0.29) is 5.82 Å². The molecule has 1 heterocycles. The quantitative estimate of drug-likeness (QED) is 0.791. The molecular formula is C8H9F4N3O. The number of nitrogens with one attached hydrogen (secondary N) is 2. The largest absolute Gasteiger partial charge is 0.383 e. The molecule has 2 N–H and O–H groups in total. The molecule has 0 fully saturated rings. The molecule has 0 aliphatic carbocycles. The molecule has 0 unspecified atom stereocenters. The number of rotatable bonds is 3. The van der Waals surface area contributed by atoms with Gasteiger partial charge in [-0.2, -0.15) is 13.9 Å².